The van der Waals surface area contributed by atoms with Gasteiger partial charge in [-0.2, -0.15) is 0 Å². The third kappa shape index (κ3) is 8.59. The average Bonchev–Trinajstić information content (AvgIpc) is 2.74. The monoisotopic (exact) mass is 413 g/mol. The van der Waals surface area contributed by atoms with E-state index in [0.29, 0.717) is 0 Å². The van der Waals surface area contributed by atoms with Gasteiger partial charge in [0.05, 0.1) is 10.9 Å². The molecule has 2 rings (SSSR count). The Morgan fingerprint density at radius 1 is 0.833 bits per heavy atom. The van der Waals surface area contributed by atoms with Crippen LogP contribution in [0.2, 0.25) is 0 Å². The number of fused-ring (bicyclic) bond motifs is 1. The van der Waals surface area contributed by atoms with Crippen molar-refractivity contribution in [3.05, 3.63) is 40.4 Å². The van der Waals surface area contributed by atoms with Gasteiger partial charge >= 0.3 is 0 Å². The normalized spacial score (nSPS) is 11.6. The number of aryl methyl sites for hydroxylation is 1. The van der Waals surface area contributed by atoms with Gasteiger partial charge in [0.15, 0.2) is 0 Å². The van der Waals surface area contributed by atoms with Crippen molar-refractivity contribution in [3.8, 4) is 0 Å². The van der Waals surface area contributed by atoms with Crippen LogP contribution < -0.4 is 5.56 Å². The Morgan fingerprint density at radius 2 is 1.43 bits per heavy atom. The molecule has 0 N–H and O–H groups in total. The maximum absolute atomic E-state index is 13.0. The topological polar surface area (TPSA) is 38.1 Å². The quantitative estimate of drug-likeness (QED) is 0.307. The lowest BCUT2D eigenvalue weighted by Gasteiger charge is -2.15. The molecule has 0 fully saturated rings. The molecule has 1 aromatic heterocycles. The highest BCUT2D eigenvalue weighted by molar-refractivity contribution is 5.77. The van der Waals surface area contributed by atoms with Gasteiger partial charge in [-0.3, -0.25) is 9.36 Å². The fraction of sp³-hybridized carbons (Fsp3) is 0.692. The third-order valence-corrected chi connectivity index (χ3v) is 5.93. The molecule has 0 atom stereocenters. The van der Waals surface area contributed by atoms with Crippen LogP contribution in [0.3, 0.4) is 0 Å². The minimum Gasteiger partial charge on any atom is -0.309 e. The summed E-state index contributed by atoms with van der Waals surface area (Å²) in [6.07, 6.45) is 16.6. The van der Waals surface area contributed by atoms with Crippen LogP contribution in [0.1, 0.15) is 89.8 Å². The molecule has 0 aliphatic carbocycles. The molecule has 30 heavy (non-hydrogen) atoms. The molecule has 4 heteroatoms. The van der Waals surface area contributed by atoms with E-state index in [1.54, 1.807) is 0 Å². The van der Waals surface area contributed by atoms with E-state index in [1.807, 2.05) is 28.8 Å². The van der Waals surface area contributed by atoms with E-state index >= 15 is 0 Å². The molecular weight excluding hydrogens is 370 g/mol. The predicted octanol–water partition coefficient (Wildman–Crippen LogP) is 6.20. The van der Waals surface area contributed by atoms with Crippen LogP contribution in [0.4, 0.5) is 0 Å². The van der Waals surface area contributed by atoms with Gasteiger partial charge in [0.25, 0.3) is 5.56 Å². The number of hydrogen-bond donors (Lipinski definition) is 0. The van der Waals surface area contributed by atoms with E-state index in [1.165, 1.54) is 64.2 Å². The Morgan fingerprint density at radius 3 is 2.07 bits per heavy atom. The smallest absolute Gasteiger partial charge is 0.261 e. The fourth-order valence-corrected chi connectivity index (χ4v) is 4.13. The maximum atomic E-state index is 13.0. The first-order chi connectivity index (χ1) is 14.6. The van der Waals surface area contributed by atoms with E-state index in [4.69, 9.17) is 4.98 Å². The second kappa shape index (κ2) is 14.3. The molecule has 0 aliphatic heterocycles. The van der Waals surface area contributed by atoms with Gasteiger partial charge in [-0.25, -0.2) is 4.98 Å². The summed E-state index contributed by atoms with van der Waals surface area (Å²) in [7, 11) is 4.15. The molecule has 4 nitrogen and oxygen atoms in total. The molecule has 1 heterocycles. The van der Waals surface area contributed by atoms with Crippen LogP contribution in [-0.4, -0.2) is 35.1 Å². The highest BCUT2D eigenvalue weighted by Crippen LogP contribution is 2.14. The van der Waals surface area contributed by atoms with Crippen molar-refractivity contribution in [2.45, 2.75) is 96.9 Å². The fourth-order valence-electron chi connectivity index (χ4n) is 4.13. The van der Waals surface area contributed by atoms with Crippen molar-refractivity contribution in [2.75, 3.05) is 20.6 Å². The van der Waals surface area contributed by atoms with Crippen molar-refractivity contribution in [2.24, 2.45) is 0 Å². The summed E-state index contributed by atoms with van der Waals surface area (Å²) in [5.41, 5.74) is 0.960. The van der Waals surface area contributed by atoms with E-state index in [-0.39, 0.29) is 5.56 Å². The third-order valence-electron chi connectivity index (χ3n) is 5.93. The van der Waals surface area contributed by atoms with Crippen molar-refractivity contribution >= 4 is 10.9 Å². The first-order valence-electron chi connectivity index (χ1n) is 12.3. The molecule has 1 aromatic carbocycles. The average molecular weight is 414 g/mol. The molecule has 0 spiro atoms. The minimum absolute atomic E-state index is 0.123. The number of aromatic nitrogens is 2. The number of benzene rings is 1. The standard InChI is InChI=1S/C26H43N3O/c1-4-5-6-7-8-9-10-11-12-13-14-20-25-27-24-19-16-15-18-23(24)26(30)29(25)22-17-21-28(2)3/h15-16,18-19H,4-14,17,20-22H2,1-3H3. The predicted molar refractivity (Wildman–Crippen MR) is 129 cm³/mol. The molecule has 0 amide bonds. The lowest BCUT2D eigenvalue weighted by atomic mass is 10.1. The lowest BCUT2D eigenvalue weighted by molar-refractivity contribution is 0.382. The molecule has 0 saturated carbocycles. The Bertz CT molecular complexity index is 781. The van der Waals surface area contributed by atoms with Crippen molar-refractivity contribution in [3.63, 3.8) is 0 Å². The Hall–Kier alpha value is -1.68. The summed E-state index contributed by atoms with van der Waals surface area (Å²) >= 11 is 0. The van der Waals surface area contributed by atoms with Gasteiger partial charge in [-0.05, 0) is 45.6 Å². The first-order valence-corrected chi connectivity index (χ1v) is 12.3. The van der Waals surface area contributed by atoms with Gasteiger partial charge < -0.3 is 4.90 Å². The van der Waals surface area contributed by atoms with Gasteiger partial charge in [-0.1, -0.05) is 83.3 Å². The molecule has 2 aromatic rings. The summed E-state index contributed by atoms with van der Waals surface area (Å²) in [6, 6.07) is 7.76. The van der Waals surface area contributed by atoms with E-state index in [9.17, 15) is 4.79 Å². The summed E-state index contributed by atoms with van der Waals surface area (Å²) in [5.74, 6) is 0.966. The van der Waals surface area contributed by atoms with Crippen LogP contribution in [0.25, 0.3) is 10.9 Å². The number of rotatable bonds is 16. The minimum atomic E-state index is 0.123. The van der Waals surface area contributed by atoms with Crippen LogP contribution in [0.15, 0.2) is 29.1 Å². The molecule has 0 unspecified atom stereocenters. The zero-order chi connectivity index (χ0) is 21.6. The van der Waals surface area contributed by atoms with Gasteiger partial charge in [-0.15, -0.1) is 0 Å². The van der Waals surface area contributed by atoms with Crippen LogP contribution >= 0.6 is 0 Å². The largest absolute Gasteiger partial charge is 0.309 e. The van der Waals surface area contributed by atoms with Crippen molar-refractivity contribution in [1.29, 1.82) is 0 Å². The van der Waals surface area contributed by atoms with Crippen molar-refractivity contribution < 1.29 is 0 Å². The highest BCUT2D eigenvalue weighted by Gasteiger charge is 2.10. The van der Waals surface area contributed by atoms with E-state index in [0.717, 1.165) is 49.1 Å². The second-order valence-electron chi connectivity index (χ2n) is 8.94. The lowest BCUT2D eigenvalue weighted by Crippen LogP contribution is -2.27. The molecule has 0 aliphatic rings. The Balaban J connectivity index is 1.81. The van der Waals surface area contributed by atoms with Crippen LogP contribution in [0, 0.1) is 0 Å². The molecule has 0 radical (unpaired) electrons. The number of hydrogen-bond acceptors (Lipinski definition) is 3. The van der Waals surface area contributed by atoms with Gasteiger partial charge in [0.2, 0.25) is 0 Å². The molecule has 168 valence electrons. The van der Waals surface area contributed by atoms with Crippen LogP contribution in [0.5, 0.6) is 0 Å². The zero-order valence-electron chi connectivity index (χ0n) is 19.7. The summed E-state index contributed by atoms with van der Waals surface area (Å²) in [5, 5.41) is 0.741. The number of unbranched alkanes of at least 4 members (excludes halogenated alkanes) is 10. The van der Waals surface area contributed by atoms with Crippen molar-refractivity contribution in [1.82, 2.24) is 14.5 Å². The Kier molecular flexibility index (Phi) is 11.8. The Labute approximate surface area is 183 Å². The second-order valence-corrected chi connectivity index (χ2v) is 8.94. The summed E-state index contributed by atoms with van der Waals surface area (Å²) in [4.78, 5) is 20.1. The molecule has 0 saturated heterocycles. The molecule has 0 bridgehead atoms. The van der Waals surface area contributed by atoms with Crippen LogP contribution in [-0.2, 0) is 13.0 Å². The number of nitrogens with zero attached hydrogens (tertiary/aromatic N) is 3. The maximum Gasteiger partial charge on any atom is 0.261 e. The first kappa shape index (κ1) is 24.6. The van der Waals surface area contributed by atoms with E-state index in [2.05, 4.69) is 25.9 Å². The highest BCUT2D eigenvalue weighted by atomic mass is 16.1. The SMILES string of the molecule is CCCCCCCCCCCCCc1nc2ccccc2c(=O)n1CCCN(C)C. The summed E-state index contributed by atoms with van der Waals surface area (Å²) < 4.78 is 1.93. The van der Waals surface area contributed by atoms with Gasteiger partial charge in [0.1, 0.15) is 5.82 Å². The molecular formula is C26H43N3O. The van der Waals surface area contributed by atoms with Gasteiger partial charge in [0, 0.05) is 13.0 Å². The number of para-hydroxylation sites is 1. The van der Waals surface area contributed by atoms with E-state index < -0.39 is 0 Å². The summed E-state index contributed by atoms with van der Waals surface area (Å²) in [6.45, 7) is 4.01. The zero-order valence-corrected chi connectivity index (χ0v) is 19.7.